The van der Waals surface area contributed by atoms with Crippen LogP contribution in [0.4, 0.5) is 5.69 Å². The molecule has 3 heteroatoms. The van der Waals surface area contributed by atoms with Crippen molar-refractivity contribution in [3.63, 3.8) is 0 Å². The summed E-state index contributed by atoms with van der Waals surface area (Å²) in [6.07, 6.45) is 0. The maximum absolute atomic E-state index is 5.89. The molecular weight excluding hydrogens is 310 g/mol. The smallest absolute Gasteiger partial charge is 0.0491 e. The quantitative estimate of drug-likeness (QED) is 0.776. The molecule has 0 aromatic heterocycles. The zero-order chi connectivity index (χ0) is 13.1. The standard InChI is InChI=1S/C15H15BrClN/c1-10-3-8-14(16)15(9-10)18-11(2)12-4-6-13(17)7-5-12/h3-9,11,18H,1-2H3. The van der Waals surface area contributed by atoms with Crippen LogP contribution in [-0.4, -0.2) is 0 Å². The molecule has 0 spiro atoms. The van der Waals surface area contributed by atoms with Gasteiger partial charge in [-0.05, 0) is 65.2 Å². The normalized spacial score (nSPS) is 12.2. The summed E-state index contributed by atoms with van der Waals surface area (Å²) in [7, 11) is 0. The molecule has 0 heterocycles. The Morgan fingerprint density at radius 3 is 2.44 bits per heavy atom. The lowest BCUT2D eigenvalue weighted by atomic mass is 10.1. The Hall–Kier alpha value is -0.990. The summed E-state index contributed by atoms with van der Waals surface area (Å²) < 4.78 is 1.08. The lowest BCUT2D eigenvalue weighted by Crippen LogP contribution is -2.07. The van der Waals surface area contributed by atoms with Gasteiger partial charge in [-0.15, -0.1) is 0 Å². The summed E-state index contributed by atoms with van der Waals surface area (Å²) in [6, 6.07) is 14.4. The second-order valence-corrected chi connectivity index (χ2v) is 5.69. The minimum Gasteiger partial charge on any atom is -0.378 e. The number of hydrogen-bond acceptors (Lipinski definition) is 1. The molecule has 1 nitrogen and oxygen atoms in total. The molecular formula is C15H15BrClN. The fourth-order valence-corrected chi connectivity index (χ4v) is 2.30. The first kappa shape index (κ1) is 13.4. The van der Waals surface area contributed by atoms with Gasteiger partial charge >= 0.3 is 0 Å². The number of aryl methyl sites for hydroxylation is 1. The topological polar surface area (TPSA) is 12.0 Å². The van der Waals surface area contributed by atoms with Gasteiger partial charge in [0, 0.05) is 21.2 Å². The molecule has 1 atom stereocenters. The first-order chi connectivity index (χ1) is 8.56. The van der Waals surface area contributed by atoms with Gasteiger partial charge in [-0.3, -0.25) is 0 Å². The van der Waals surface area contributed by atoms with Crippen LogP contribution < -0.4 is 5.32 Å². The van der Waals surface area contributed by atoms with E-state index in [1.807, 2.05) is 24.3 Å². The fraction of sp³-hybridized carbons (Fsp3) is 0.200. The summed E-state index contributed by atoms with van der Waals surface area (Å²) in [5, 5.41) is 4.26. The lowest BCUT2D eigenvalue weighted by Gasteiger charge is -2.17. The third-order valence-electron chi connectivity index (χ3n) is 2.86. The molecule has 94 valence electrons. The number of rotatable bonds is 3. The predicted molar refractivity (Wildman–Crippen MR) is 82.4 cm³/mol. The monoisotopic (exact) mass is 323 g/mol. The third-order valence-corrected chi connectivity index (χ3v) is 3.81. The first-order valence-electron chi connectivity index (χ1n) is 5.84. The van der Waals surface area contributed by atoms with Gasteiger partial charge in [0.1, 0.15) is 0 Å². The number of benzene rings is 2. The molecule has 0 saturated heterocycles. The van der Waals surface area contributed by atoms with Crippen molar-refractivity contribution in [1.29, 1.82) is 0 Å². The highest BCUT2D eigenvalue weighted by Crippen LogP contribution is 2.27. The minimum atomic E-state index is 0.236. The van der Waals surface area contributed by atoms with E-state index in [0.717, 1.165) is 15.2 Å². The third kappa shape index (κ3) is 3.27. The summed E-state index contributed by atoms with van der Waals surface area (Å²) in [5.74, 6) is 0. The van der Waals surface area contributed by atoms with Crippen LogP contribution in [0.15, 0.2) is 46.9 Å². The fourth-order valence-electron chi connectivity index (χ4n) is 1.82. The van der Waals surface area contributed by atoms with Crippen molar-refractivity contribution in [2.75, 3.05) is 5.32 Å². The molecule has 0 bridgehead atoms. The van der Waals surface area contributed by atoms with Crippen molar-refractivity contribution in [1.82, 2.24) is 0 Å². The van der Waals surface area contributed by atoms with E-state index in [0.29, 0.717) is 0 Å². The molecule has 0 aliphatic carbocycles. The maximum Gasteiger partial charge on any atom is 0.0491 e. The summed E-state index contributed by atoms with van der Waals surface area (Å²) in [6.45, 7) is 4.22. The van der Waals surface area contributed by atoms with Crippen LogP contribution in [0, 0.1) is 6.92 Å². The lowest BCUT2D eigenvalue weighted by molar-refractivity contribution is 0.883. The SMILES string of the molecule is Cc1ccc(Br)c(NC(C)c2ccc(Cl)cc2)c1. The number of hydrogen-bond donors (Lipinski definition) is 1. The van der Waals surface area contributed by atoms with Crippen molar-refractivity contribution >= 4 is 33.2 Å². The Morgan fingerprint density at radius 2 is 1.78 bits per heavy atom. The van der Waals surface area contributed by atoms with E-state index in [2.05, 4.69) is 53.3 Å². The van der Waals surface area contributed by atoms with Gasteiger partial charge in [0.05, 0.1) is 0 Å². The Bertz CT molecular complexity index is 537. The van der Waals surface area contributed by atoms with Crippen LogP contribution in [0.2, 0.25) is 5.02 Å². The van der Waals surface area contributed by atoms with Gasteiger partial charge in [0.25, 0.3) is 0 Å². The Labute approximate surface area is 121 Å². The first-order valence-corrected chi connectivity index (χ1v) is 7.01. The second kappa shape index (κ2) is 5.77. The molecule has 2 aromatic rings. The maximum atomic E-state index is 5.89. The van der Waals surface area contributed by atoms with Crippen LogP contribution >= 0.6 is 27.5 Å². The van der Waals surface area contributed by atoms with Gasteiger partial charge in [-0.25, -0.2) is 0 Å². The Balaban J connectivity index is 2.18. The van der Waals surface area contributed by atoms with Crippen LogP contribution in [0.5, 0.6) is 0 Å². The summed E-state index contributed by atoms with van der Waals surface area (Å²) in [5.41, 5.74) is 3.56. The zero-order valence-corrected chi connectivity index (χ0v) is 12.7. The molecule has 0 aliphatic heterocycles. The zero-order valence-electron chi connectivity index (χ0n) is 10.4. The molecule has 0 radical (unpaired) electrons. The minimum absolute atomic E-state index is 0.236. The highest BCUT2D eigenvalue weighted by Gasteiger charge is 2.07. The number of halogens is 2. The van der Waals surface area contributed by atoms with Crippen molar-refractivity contribution in [2.24, 2.45) is 0 Å². The van der Waals surface area contributed by atoms with E-state index in [4.69, 9.17) is 11.6 Å². The van der Waals surface area contributed by atoms with Crippen LogP contribution in [-0.2, 0) is 0 Å². The van der Waals surface area contributed by atoms with Gasteiger partial charge in [0.15, 0.2) is 0 Å². The second-order valence-electron chi connectivity index (χ2n) is 4.40. The molecule has 0 fully saturated rings. The Kier molecular flexibility index (Phi) is 4.31. The van der Waals surface area contributed by atoms with Crippen molar-refractivity contribution in [3.8, 4) is 0 Å². The van der Waals surface area contributed by atoms with Crippen molar-refractivity contribution in [2.45, 2.75) is 19.9 Å². The van der Waals surface area contributed by atoms with E-state index >= 15 is 0 Å². The van der Waals surface area contributed by atoms with E-state index in [-0.39, 0.29) is 6.04 Å². The molecule has 1 N–H and O–H groups in total. The molecule has 1 unspecified atom stereocenters. The highest BCUT2D eigenvalue weighted by molar-refractivity contribution is 9.10. The number of anilines is 1. The Morgan fingerprint density at radius 1 is 1.11 bits per heavy atom. The van der Waals surface area contributed by atoms with E-state index in [1.165, 1.54) is 11.1 Å². The molecule has 18 heavy (non-hydrogen) atoms. The van der Waals surface area contributed by atoms with Gasteiger partial charge in [-0.2, -0.15) is 0 Å². The van der Waals surface area contributed by atoms with Gasteiger partial charge < -0.3 is 5.32 Å². The summed E-state index contributed by atoms with van der Waals surface area (Å²) in [4.78, 5) is 0. The van der Waals surface area contributed by atoms with Gasteiger partial charge in [-0.1, -0.05) is 29.8 Å². The molecule has 0 saturated carbocycles. The van der Waals surface area contributed by atoms with Gasteiger partial charge in [0.2, 0.25) is 0 Å². The number of nitrogens with one attached hydrogen (secondary N) is 1. The van der Waals surface area contributed by atoms with E-state index < -0.39 is 0 Å². The molecule has 0 amide bonds. The van der Waals surface area contributed by atoms with Crippen LogP contribution in [0.1, 0.15) is 24.1 Å². The summed E-state index contributed by atoms with van der Waals surface area (Å²) >= 11 is 9.45. The average molecular weight is 325 g/mol. The van der Waals surface area contributed by atoms with E-state index in [9.17, 15) is 0 Å². The van der Waals surface area contributed by atoms with Crippen molar-refractivity contribution < 1.29 is 0 Å². The van der Waals surface area contributed by atoms with E-state index in [1.54, 1.807) is 0 Å². The largest absolute Gasteiger partial charge is 0.378 e. The molecule has 2 aromatic carbocycles. The van der Waals surface area contributed by atoms with Crippen molar-refractivity contribution in [3.05, 3.63) is 63.1 Å². The molecule has 2 rings (SSSR count). The highest BCUT2D eigenvalue weighted by atomic mass is 79.9. The average Bonchev–Trinajstić information content (AvgIpc) is 2.34. The van der Waals surface area contributed by atoms with Crippen LogP contribution in [0.25, 0.3) is 0 Å². The molecule has 0 aliphatic rings. The van der Waals surface area contributed by atoms with Crippen LogP contribution in [0.3, 0.4) is 0 Å². The predicted octanol–water partition coefficient (Wildman–Crippen LogP) is 5.58.